The summed E-state index contributed by atoms with van der Waals surface area (Å²) in [7, 11) is 0. The third-order valence-corrected chi connectivity index (χ3v) is 4.25. The molecule has 0 bridgehead atoms. The van der Waals surface area contributed by atoms with Crippen LogP contribution in [0.25, 0.3) is 11.1 Å². The molecule has 1 amide bonds. The van der Waals surface area contributed by atoms with E-state index in [9.17, 15) is 4.79 Å². The van der Waals surface area contributed by atoms with Crippen LogP contribution in [0.5, 0.6) is 0 Å². The summed E-state index contributed by atoms with van der Waals surface area (Å²) in [6.07, 6.45) is 3.65. The molecule has 98 valence electrons. The van der Waals surface area contributed by atoms with Crippen molar-refractivity contribution in [3.8, 4) is 0 Å². The van der Waals surface area contributed by atoms with E-state index in [1.54, 1.807) is 0 Å². The summed E-state index contributed by atoms with van der Waals surface area (Å²) in [5, 5.41) is 3.46. The molecule has 2 fully saturated rings. The number of oxazole rings is 1. The second-order valence-electron chi connectivity index (χ2n) is 5.21. The van der Waals surface area contributed by atoms with Crippen molar-refractivity contribution < 1.29 is 9.21 Å². The zero-order valence-corrected chi connectivity index (χ0v) is 10.5. The van der Waals surface area contributed by atoms with Gasteiger partial charge in [0.15, 0.2) is 12.0 Å². The number of amides is 1. The average molecular weight is 257 g/mol. The molecule has 5 heteroatoms. The van der Waals surface area contributed by atoms with Gasteiger partial charge in [-0.25, -0.2) is 4.98 Å². The second kappa shape index (κ2) is 4.06. The molecule has 1 aromatic heterocycles. The van der Waals surface area contributed by atoms with Crippen LogP contribution in [0, 0.1) is 0 Å². The fraction of sp³-hybridized carbons (Fsp3) is 0.429. The number of piperazine rings is 1. The van der Waals surface area contributed by atoms with E-state index in [4.69, 9.17) is 4.42 Å². The fourth-order valence-electron chi connectivity index (χ4n) is 3.09. The van der Waals surface area contributed by atoms with Crippen molar-refractivity contribution in [1.29, 1.82) is 0 Å². The minimum atomic E-state index is 0.0681. The van der Waals surface area contributed by atoms with Crippen molar-refractivity contribution in [2.24, 2.45) is 0 Å². The van der Waals surface area contributed by atoms with Crippen LogP contribution in [0.2, 0.25) is 0 Å². The molecule has 2 heterocycles. The van der Waals surface area contributed by atoms with Gasteiger partial charge >= 0.3 is 0 Å². The molecule has 0 unspecified atom stereocenters. The van der Waals surface area contributed by atoms with Crippen LogP contribution in [0.1, 0.15) is 23.2 Å². The minimum absolute atomic E-state index is 0.0681. The number of nitrogens with zero attached hydrogens (tertiary/aromatic N) is 2. The molecule has 2 aliphatic rings. The molecule has 2 aromatic rings. The molecule has 0 spiro atoms. The lowest BCUT2D eigenvalue weighted by Gasteiger charge is -2.48. The van der Waals surface area contributed by atoms with Gasteiger partial charge in [0, 0.05) is 25.2 Å². The summed E-state index contributed by atoms with van der Waals surface area (Å²) >= 11 is 0. The molecular formula is C14H15N3O2. The standard InChI is InChI=1S/C14H15N3O2/c18-14(17-7-6-15-10-4-5-12(10)17)9-2-1-3-11-13(9)19-8-16-11/h1-3,8,10,12,15H,4-7H2/t10-,12-/m0/s1. The first-order valence-corrected chi connectivity index (χ1v) is 6.71. The number of para-hydroxylation sites is 1. The maximum Gasteiger partial charge on any atom is 0.258 e. The number of hydrogen-bond acceptors (Lipinski definition) is 4. The van der Waals surface area contributed by atoms with E-state index in [0.717, 1.165) is 25.0 Å². The third-order valence-electron chi connectivity index (χ3n) is 4.25. The number of rotatable bonds is 1. The highest BCUT2D eigenvalue weighted by Crippen LogP contribution is 2.30. The lowest BCUT2D eigenvalue weighted by Crippen LogP contribution is -2.64. The van der Waals surface area contributed by atoms with Gasteiger partial charge in [-0.3, -0.25) is 4.79 Å². The van der Waals surface area contributed by atoms with Crippen molar-refractivity contribution in [2.75, 3.05) is 13.1 Å². The summed E-state index contributed by atoms with van der Waals surface area (Å²) in [6, 6.07) is 6.37. The molecule has 19 heavy (non-hydrogen) atoms. The van der Waals surface area contributed by atoms with Crippen LogP contribution in [0.3, 0.4) is 0 Å². The quantitative estimate of drug-likeness (QED) is 0.839. The van der Waals surface area contributed by atoms with Gasteiger partial charge in [-0.05, 0) is 25.0 Å². The van der Waals surface area contributed by atoms with Crippen molar-refractivity contribution in [1.82, 2.24) is 15.2 Å². The molecule has 4 rings (SSSR count). The number of hydrogen-bond donors (Lipinski definition) is 1. The van der Waals surface area contributed by atoms with Gasteiger partial charge in [-0.15, -0.1) is 0 Å². The molecule has 5 nitrogen and oxygen atoms in total. The van der Waals surface area contributed by atoms with Gasteiger partial charge in [-0.2, -0.15) is 0 Å². The zero-order valence-electron chi connectivity index (χ0n) is 10.5. The van der Waals surface area contributed by atoms with Crippen molar-refractivity contribution in [3.63, 3.8) is 0 Å². The molecule has 1 aliphatic carbocycles. The Labute approximate surface area is 110 Å². The Morgan fingerprint density at radius 2 is 2.37 bits per heavy atom. The molecule has 1 saturated carbocycles. The van der Waals surface area contributed by atoms with E-state index in [1.807, 2.05) is 23.1 Å². The Hall–Kier alpha value is -1.88. The molecule has 1 saturated heterocycles. The first-order valence-electron chi connectivity index (χ1n) is 6.71. The molecular weight excluding hydrogens is 242 g/mol. The molecule has 1 N–H and O–H groups in total. The predicted molar refractivity (Wildman–Crippen MR) is 69.9 cm³/mol. The summed E-state index contributed by atoms with van der Waals surface area (Å²) in [5.74, 6) is 0.0681. The predicted octanol–water partition coefficient (Wildman–Crippen LogP) is 1.40. The second-order valence-corrected chi connectivity index (χ2v) is 5.21. The smallest absolute Gasteiger partial charge is 0.258 e. The van der Waals surface area contributed by atoms with Gasteiger partial charge in [0.25, 0.3) is 5.91 Å². The Morgan fingerprint density at radius 3 is 3.21 bits per heavy atom. The van der Waals surface area contributed by atoms with Gasteiger partial charge in [0.2, 0.25) is 0 Å². The highest BCUT2D eigenvalue weighted by atomic mass is 16.3. The van der Waals surface area contributed by atoms with Crippen molar-refractivity contribution >= 4 is 17.0 Å². The van der Waals surface area contributed by atoms with Crippen LogP contribution in [-0.2, 0) is 0 Å². The average Bonchev–Trinajstić information content (AvgIpc) is 2.87. The van der Waals surface area contributed by atoms with Gasteiger partial charge in [0.1, 0.15) is 5.52 Å². The molecule has 2 atom stereocenters. The molecule has 0 radical (unpaired) electrons. The molecule has 1 aromatic carbocycles. The Kier molecular flexibility index (Phi) is 2.35. The van der Waals surface area contributed by atoms with E-state index >= 15 is 0 Å². The molecule has 1 aliphatic heterocycles. The summed E-state index contributed by atoms with van der Waals surface area (Å²) in [5.41, 5.74) is 1.97. The number of carbonyl (C=O) groups is 1. The van der Waals surface area contributed by atoms with E-state index < -0.39 is 0 Å². The van der Waals surface area contributed by atoms with Crippen LogP contribution in [0.15, 0.2) is 29.0 Å². The van der Waals surface area contributed by atoms with Gasteiger partial charge in [0.05, 0.1) is 5.56 Å². The van der Waals surface area contributed by atoms with E-state index in [1.165, 1.54) is 12.8 Å². The Bertz CT molecular complexity index is 636. The third kappa shape index (κ3) is 1.58. The van der Waals surface area contributed by atoms with Crippen LogP contribution < -0.4 is 5.32 Å². The van der Waals surface area contributed by atoms with Crippen LogP contribution in [0.4, 0.5) is 0 Å². The van der Waals surface area contributed by atoms with E-state index in [2.05, 4.69) is 10.3 Å². The van der Waals surface area contributed by atoms with Crippen molar-refractivity contribution in [3.05, 3.63) is 30.2 Å². The topological polar surface area (TPSA) is 58.4 Å². The number of carbonyl (C=O) groups excluding carboxylic acids is 1. The minimum Gasteiger partial charge on any atom is -0.443 e. The fourth-order valence-corrected chi connectivity index (χ4v) is 3.09. The number of aromatic nitrogens is 1. The first kappa shape index (κ1) is 11.0. The monoisotopic (exact) mass is 257 g/mol. The zero-order chi connectivity index (χ0) is 12.8. The van der Waals surface area contributed by atoms with E-state index in [0.29, 0.717) is 23.2 Å². The summed E-state index contributed by atoms with van der Waals surface area (Å²) in [4.78, 5) is 18.8. The van der Waals surface area contributed by atoms with Crippen molar-refractivity contribution in [2.45, 2.75) is 24.9 Å². The van der Waals surface area contributed by atoms with Crippen LogP contribution in [-0.4, -0.2) is 41.0 Å². The largest absolute Gasteiger partial charge is 0.443 e. The SMILES string of the molecule is O=C(c1cccc2ncoc12)N1CCN[C@H]2CC[C@@H]21. The van der Waals surface area contributed by atoms with Gasteiger partial charge < -0.3 is 14.6 Å². The first-order chi connectivity index (χ1) is 9.34. The summed E-state index contributed by atoms with van der Waals surface area (Å²) < 4.78 is 5.37. The number of nitrogens with one attached hydrogen (secondary N) is 1. The van der Waals surface area contributed by atoms with E-state index in [-0.39, 0.29) is 5.91 Å². The lowest BCUT2D eigenvalue weighted by molar-refractivity contribution is 0.0351. The number of fused-ring (bicyclic) bond motifs is 2. The maximum atomic E-state index is 12.7. The normalized spacial score (nSPS) is 26.0. The van der Waals surface area contributed by atoms with Crippen LogP contribution >= 0.6 is 0 Å². The Balaban J connectivity index is 1.71. The maximum absolute atomic E-state index is 12.7. The lowest BCUT2D eigenvalue weighted by atomic mass is 9.83. The summed E-state index contributed by atoms with van der Waals surface area (Å²) in [6.45, 7) is 1.64. The highest BCUT2D eigenvalue weighted by molar-refractivity contribution is 6.04. The van der Waals surface area contributed by atoms with Gasteiger partial charge in [-0.1, -0.05) is 6.07 Å². The number of benzene rings is 1. The highest BCUT2D eigenvalue weighted by Gasteiger charge is 2.40. The Morgan fingerprint density at radius 1 is 1.42 bits per heavy atom.